The molecule has 3 heteroatoms. The number of benzene rings is 1. The number of hydrogen-bond donors (Lipinski definition) is 2. The van der Waals surface area contributed by atoms with Crippen LogP contribution in [0.3, 0.4) is 0 Å². The molecule has 0 unspecified atom stereocenters. The Labute approximate surface area is 104 Å². The minimum absolute atomic E-state index is 0.0483. The number of rotatable bonds is 6. The number of hydrogen-bond acceptors (Lipinski definition) is 2. The van der Waals surface area contributed by atoms with Gasteiger partial charge in [-0.05, 0) is 37.0 Å². The molecule has 0 radical (unpaired) electrons. The molecule has 0 fully saturated rings. The monoisotopic (exact) mass is 234 g/mol. The number of nitrogens with one attached hydrogen (secondary N) is 2. The minimum Gasteiger partial charge on any atom is -0.376 e. The molecule has 0 heterocycles. The molecule has 0 aliphatic heterocycles. The highest BCUT2D eigenvalue weighted by Crippen LogP contribution is 2.08. The van der Waals surface area contributed by atoms with Gasteiger partial charge < -0.3 is 10.6 Å². The molecule has 0 spiro atoms. The van der Waals surface area contributed by atoms with Crippen LogP contribution in [0.25, 0.3) is 0 Å². The normalized spacial score (nSPS) is 10.4. The second-order valence-electron chi connectivity index (χ2n) is 4.76. The number of anilines is 1. The zero-order valence-corrected chi connectivity index (χ0v) is 10.9. The highest BCUT2D eigenvalue weighted by Gasteiger charge is 2.01. The van der Waals surface area contributed by atoms with Crippen molar-refractivity contribution in [2.75, 3.05) is 18.4 Å². The maximum atomic E-state index is 11.5. The Morgan fingerprint density at radius 1 is 1.35 bits per heavy atom. The van der Waals surface area contributed by atoms with Crippen molar-refractivity contribution < 1.29 is 4.79 Å². The van der Waals surface area contributed by atoms with Crippen LogP contribution in [-0.4, -0.2) is 19.0 Å². The quantitative estimate of drug-likeness (QED) is 0.794. The van der Waals surface area contributed by atoms with Crippen molar-refractivity contribution in [2.45, 2.75) is 27.2 Å². The topological polar surface area (TPSA) is 41.1 Å². The molecule has 94 valence electrons. The molecule has 0 aliphatic rings. The van der Waals surface area contributed by atoms with Gasteiger partial charge in [0.25, 0.3) is 0 Å². The van der Waals surface area contributed by atoms with E-state index in [9.17, 15) is 4.79 Å². The summed E-state index contributed by atoms with van der Waals surface area (Å²) in [4.78, 5) is 11.5. The Hall–Kier alpha value is -1.51. The summed E-state index contributed by atoms with van der Waals surface area (Å²) in [5, 5.41) is 6.01. The van der Waals surface area contributed by atoms with Crippen LogP contribution < -0.4 is 10.6 Å². The van der Waals surface area contributed by atoms with Crippen LogP contribution >= 0.6 is 0 Å². The SMILES string of the molecule is Cc1cccc(NCC(=O)NCCC(C)C)c1. The number of amides is 1. The van der Waals surface area contributed by atoms with Gasteiger partial charge in [0.15, 0.2) is 0 Å². The fourth-order valence-electron chi connectivity index (χ4n) is 1.50. The van der Waals surface area contributed by atoms with Gasteiger partial charge in [-0.3, -0.25) is 4.79 Å². The summed E-state index contributed by atoms with van der Waals surface area (Å²) in [5.74, 6) is 0.673. The molecule has 2 N–H and O–H groups in total. The molecule has 0 bridgehead atoms. The summed E-state index contributed by atoms with van der Waals surface area (Å²) in [7, 11) is 0. The second kappa shape index (κ2) is 6.94. The summed E-state index contributed by atoms with van der Waals surface area (Å²) in [6.07, 6.45) is 1.02. The lowest BCUT2D eigenvalue weighted by atomic mass is 10.1. The van der Waals surface area contributed by atoms with E-state index in [4.69, 9.17) is 0 Å². The van der Waals surface area contributed by atoms with Crippen LogP contribution in [0.4, 0.5) is 5.69 Å². The maximum Gasteiger partial charge on any atom is 0.239 e. The Balaban J connectivity index is 2.24. The summed E-state index contributed by atoms with van der Waals surface area (Å²) in [5.41, 5.74) is 2.18. The van der Waals surface area contributed by atoms with Gasteiger partial charge in [-0.25, -0.2) is 0 Å². The summed E-state index contributed by atoms with van der Waals surface area (Å²) in [6, 6.07) is 8.01. The first-order chi connectivity index (χ1) is 8.08. The third kappa shape index (κ3) is 5.95. The average Bonchev–Trinajstić information content (AvgIpc) is 2.26. The van der Waals surface area contributed by atoms with Gasteiger partial charge in [-0.15, -0.1) is 0 Å². The minimum atomic E-state index is 0.0483. The van der Waals surface area contributed by atoms with Crippen molar-refractivity contribution in [3.63, 3.8) is 0 Å². The molecule has 0 saturated carbocycles. The largest absolute Gasteiger partial charge is 0.376 e. The Morgan fingerprint density at radius 2 is 2.12 bits per heavy atom. The Kier molecular flexibility index (Phi) is 5.53. The van der Waals surface area contributed by atoms with Crippen LogP contribution in [0.1, 0.15) is 25.8 Å². The van der Waals surface area contributed by atoms with Crippen LogP contribution in [0.5, 0.6) is 0 Å². The van der Waals surface area contributed by atoms with E-state index in [-0.39, 0.29) is 5.91 Å². The van der Waals surface area contributed by atoms with E-state index >= 15 is 0 Å². The van der Waals surface area contributed by atoms with Gasteiger partial charge in [-0.2, -0.15) is 0 Å². The highest BCUT2D eigenvalue weighted by atomic mass is 16.1. The maximum absolute atomic E-state index is 11.5. The van der Waals surface area contributed by atoms with Gasteiger partial charge >= 0.3 is 0 Å². The van der Waals surface area contributed by atoms with Gasteiger partial charge in [0.1, 0.15) is 0 Å². The highest BCUT2D eigenvalue weighted by molar-refractivity contribution is 5.80. The number of carbonyl (C=O) groups is 1. The average molecular weight is 234 g/mol. The van der Waals surface area contributed by atoms with Gasteiger partial charge in [-0.1, -0.05) is 26.0 Å². The fraction of sp³-hybridized carbons (Fsp3) is 0.500. The molecule has 1 amide bonds. The van der Waals surface area contributed by atoms with E-state index in [1.165, 1.54) is 5.56 Å². The molecule has 1 aromatic rings. The molecule has 17 heavy (non-hydrogen) atoms. The number of aryl methyl sites for hydroxylation is 1. The lowest BCUT2D eigenvalue weighted by Crippen LogP contribution is -2.31. The Morgan fingerprint density at radius 3 is 2.76 bits per heavy atom. The van der Waals surface area contributed by atoms with Gasteiger partial charge in [0, 0.05) is 12.2 Å². The van der Waals surface area contributed by atoms with Crippen molar-refractivity contribution >= 4 is 11.6 Å². The van der Waals surface area contributed by atoms with Crippen molar-refractivity contribution in [3.8, 4) is 0 Å². The molecule has 0 aromatic heterocycles. The molecule has 1 rings (SSSR count). The first-order valence-electron chi connectivity index (χ1n) is 6.15. The van der Waals surface area contributed by atoms with E-state index in [1.807, 2.05) is 31.2 Å². The number of carbonyl (C=O) groups excluding carboxylic acids is 1. The smallest absolute Gasteiger partial charge is 0.239 e. The van der Waals surface area contributed by atoms with E-state index in [1.54, 1.807) is 0 Å². The van der Waals surface area contributed by atoms with E-state index < -0.39 is 0 Å². The van der Waals surface area contributed by atoms with Crippen LogP contribution in [-0.2, 0) is 4.79 Å². The zero-order chi connectivity index (χ0) is 12.7. The fourth-order valence-corrected chi connectivity index (χ4v) is 1.50. The molecular weight excluding hydrogens is 212 g/mol. The van der Waals surface area contributed by atoms with Crippen molar-refractivity contribution in [2.24, 2.45) is 5.92 Å². The lowest BCUT2D eigenvalue weighted by Gasteiger charge is -2.09. The van der Waals surface area contributed by atoms with Crippen LogP contribution in [0, 0.1) is 12.8 Å². The van der Waals surface area contributed by atoms with E-state index in [2.05, 4.69) is 24.5 Å². The third-order valence-electron chi connectivity index (χ3n) is 2.51. The van der Waals surface area contributed by atoms with E-state index in [0.717, 1.165) is 18.7 Å². The molecule has 1 aromatic carbocycles. The first kappa shape index (κ1) is 13.6. The van der Waals surface area contributed by atoms with Crippen molar-refractivity contribution in [1.82, 2.24) is 5.32 Å². The van der Waals surface area contributed by atoms with E-state index in [0.29, 0.717) is 12.5 Å². The van der Waals surface area contributed by atoms with Gasteiger partial charge in [0.2, 0.25) is 5.91 Å². The van der Waals surface area contributed by atoms with Crippen molar-refractivity contribution in [1.29, 1.82) is 0 Å². The molecule has 3 nitrogen and oxygen atoms in total. The van der Waals surface area contributed by atoms with Crippen molar-refractivity contribution in [3.05, 3.63) is 29.8 Å². The zero-order valence-electron chi connectivity index (χ0n) is 10.9. The second-order valence-corrected chi connectivity index (χ2v) is 4.76. The van der Waals surface area contributed by atoms with Crippen LogP contribution in [0.15, 0.2) is 24.3 Å². The Bertz CT molecular complexity index is 361. The molecular formula is C14H22N2O. The summed E-state index contributed by atoms with van der Waals surface area (Å²) < 4.78 is 0. The van der Waals surface area contributed by atoms with Gasteiger partial charge in [0.05, 0.1) is 6.54 Å². The lowest BCUT2D eigenvalue weighted by molar-refractivity contribution is -0.119. The molecule has 0 aliphatic carbocycles. The summed E-state index contributed by atoms with van der Waals surface area (Å²) >= 11 is 0. The predicted molar refractivity (Wildman–Crippen MR) is 72.1 cm³/mol. The third-order valence-corrected chi connectivity index (χ3v) is 2.51. The first-order valence-corrected chi connectivity index (χ1v) is 6.15. The standard InChI is InChI=1S/C14H22N2O/c1-11(2)7-8-15-14(17)10-16-13-6-4-5-12(3)9-13/h4-6,9,11,16H,7-8,10H2,1-3H3,(H,15,17). The molecule has 0 atom stereocenters. The molecule has 0 saturated heterocycles. The predicted octanol–water partition coefficient (Wildman–Crippen LogP) is 2.57. The van der Waals surface area contributed by atoms with Crippen LogP contribution in [0.2, 0.25) is 0 Å². The summed E-state index contributed by atoms with van der Waals surface area (Å²) in [6.45, 7) is 7.43.